The van der Waals surface area contributed by atoms with Gasteiger partial charge < -0.3 is 0 Å². The molecule has 13 heavy (non-hydrogen) atoms. The first-order valence-electron chi connectivity index (χ1n) is 5.37. The molecule has 0 aromatic heterocycles. The molecular weight excluding hydrogens is 183 g/mol. The van der Waals surface area contributed by atoms with Crippen LogP contribution in [-0.2, 0) is 4.57 Å². The van der Waals surface area contributed by atoms with Crippen molar-refractivity contribution in [1.29, 1.82) is 0 Å². The summed E-state index contributed by atoms with van der Waals surface area (Å²) in [6.45, 7) is 4.27. The van der Waals surface area contributed by atoms with Crippen molar-refractivity contribution in [2.75, 3.05) is 0 Å². The van der Waals surface area contributed by atoms with E-state index in [-0.39, 0.29) is 5.66 Å². The largest absolute Gasteiger partial charge is 0.508 e. The molecule has 0 radical (unpaired) electrons. The van der Waals surface area contributed by atoms with Crippen molar-refractivity contribution < 1.29 is 9.46 Å². The molecule has 1 N–H and O–H groups in total. The summed E-state index contributed by atoms with van der Waals surface area (Å²) in [6.07, 6.45) is 7.53. The first kappa shape index (κ1) is 13.1. The van der Waals surface area contributed by atoms with Gasteiger partial charge in [-0.2, -0.15) is 4.89 Å². The fourth-order valence-electron chi connectivity index (χ4n) is 1.43. The standard InChI is InChI=1S/C10H21O2P/c1-3-5-7-9-10(13(11)12)8-6-4-2/h10H,3-9H2,1-2H3/p+1. The molecule has 0 heterocycles. The van der Waals surface area contributed by atoms with Crippen LogP contribution in [0.1, 0.15) is 58.8 Å². The summed E-state index contributed by atoms with van der Waals surface area (Å²) in [5, 5.41) is 0. The molecule has 0 aliphatic rings. The molecule has 0 aromatic carbocycles. The van der Waals surface area contributed by atoms with E-state index in [4.69, 9.17) is 4.89 Å². The maximum Gasteiger partial charge on any atom is 0.508 e. The van der Waals surface area contributed by atoms with E-state index in [0.29, 0.717) is 0 Å². The van der Waals surface area contributed by atoms with Crippen molar-refractivity contribution in [3.63, 3.8) is 0 Å². The number of hydrogen-bond donors (Lipinski definition) is 1. The lowest BCUT2D eigenvalue weighted by Gasteiger charge is -2.02. The average molecular weight is 205 g/mol. The third kappa shape index (κ3) is 7.16. The minimum atomic E-state index is -1.94. The van der Waals surface area contributed by atoms with E-state index < -0.39 is 8.03 Å². The molecule has 0 saturated heterocycles. The Morgan fingerprint density at radius 1 is 1.08 bits per heavy atom. The smallest absolute Gasteiger partial charge is 0.161 e. The number of hydrogen-bond acceptors (Lipinski definition) is 1. The Morgan fingerprint density at radius 3 is 2.08 bits per heavy atom. The maximum absolute atomic E-state index is 10.9. The van der Waals surface area contributed by atoms with Gasteiger partial charge in [0.25, 0.3) is 0 Å². The minimum Gasteiger partial charge on any atom is -0.161 e. The van der Waals surface area contributed by atoms with Crippen LogP contribution in [0.4, 0.5) is 0 Å². The fourth-order valence-corrected chi connectivity index (χ4v) is 2.24. The van der Waals surface area contributed by atoms with Gasteiger partial charge in [-0.1, -0.05) is 33.1 Å². The van der Waals surface area contributed by atoms with Gasteiger partial charge in [-0.3, -0.25) is 0 Å². The molecular formula is C10H22O2P+. The monoisotopic (exact) mass is 205 g/mol. The lowest BCUT2D eigenvalue weighted by Crippen LogP contribution is -2.02. The van der Waals surface area contributed by atoms with Crippen LogP contribution >= 0.6 is 8.03 Å². The van der Waals surface area contributed by atoms with E-state index in [0.717, 1.165) is 32.1 Å². The Morgan fingerprint density at radius 2 is 1.62 bits per heavy atom. The summed E-state index contributed by atoms with van der Waals surface area (Å²) in [5.41, 5.74) is 0.0569. The van der Waals surface area contributed by atoms with Gasteiger partial charge in [-0.05, 0) is 30.2 Å². The maximum atomic E-state index is 10.9. The quantitative estimate of drug-likeness (QED) is 0.482. The minimum absolute atomic E-state index is 0.0569. The average Bonchev–Trinajstić information content (AvgIpc) is 2.10. The Bertz CT molecular complexity index is 137. The Labute approximate surface area is 82.6 Å². The Balaban J connectivity index is 3.61. The van der Waals surface area contributed by atoms with E-state index in [2.05, 4.69) is 13.8 Å². The van der Waals surface area contributed by atoms with Gasteiger partial charge in [0.05, 0.1) is 0 Å². The van der Waals surface area contributed by atoms with Crippen LogP contribution in [0.2, 0.25) is 0 Å². The van der Waals surface area contributed by atoms with Crippen molar-refractivity contribution in [3.05, 3.63) is 0 Å². The molecule has 0 aromatic rings. The molecule has 2 unspecified atom stereocenters. The van der Waals surface area contributed by atoms with Crippen LogP contribution in [-0.4, -0.2) is 10.6 Å². The van der Waals surface area contributed by atoms with Crippen LogP contribution in [0.25, 0.3) is 0 Å². The first-order valence-corrected chi connectivity index (χ1v) is 6.65. The zero-order chi connectivity index (χ0) is 10.1. The lowest BCUT2D eigenvalue weighted by molar-refractivity contribution is 0.467. The first-order chi connectivity index (χ1) is 6.22. The molecule has 0 aliphatic heterocycles. The highest BCUT2D eigenvalue weighted by Gasteiger charge is 2.26. The second-order valence-electron chi connectivity index (χ2n) is 3.59. The van der Waals surface area contributed by atoms with Gasteiger partial charge in [0.2, 0.25) is 0 Å². The summed E-state index contributed by atoms with van der Waals surface area (Å²) in [7, 11) is -1.94. The van der Waals surface area contributed by atoms with Gasteiger partial charge in [-0.25, -0.2) is 0 Å². The van der Waals surface area contributed by atoms with Crippen molar-refractivity contribution in [2.24, 2.45) is 0 Å². The van der Waals surface area contributed by atoms with Crippen LogP contribution in [0.3, 0.4) is 0 Å². The van der Waals surface area contributed by atoms with Crippen molar-refractivity contribution in [2.45, 2.75) is 64.5 Å². The van der Waals surface area contributed by atoms with Crippen molar-refractivity contribution >= 4 is 8.03 Å². The molecule has 0 spiro atoms. The molecule has 0 fully saturated rings. The summed E-state index contributed by atoms with van der Waals surface area (Å²) in [5.74, 6) is 0. The predicted molar refractivity (Wildman–Crippen MR) is 57.3 cm³/mol. The zero-order valence-electron chi connectivity index (χ0n) is 8.83. The summed E-state index contributed by atoms with van der Waals surface area (Å²) in [6, 6.07) is 0. The van der Waals surface area contributed by atoms with Crippen LogP contribution in [0, 0.1) is 0 Å². The van der Waals surface area contributed by atoms with E-state index in [9.17, 15) is 4.57 Å². The SMILES string of the molecule is CCCCCC(CCCC)[P+](=O)O. The molecule has 0 amide bonds. The van der Waals surface area contributed by atoms with Crippen molar-refractivity contribution in [1.82, 2.24) is 0 Å². The number of unbranched alkanes of at least 4 members (excludes halogenated alkanes) is 3. The van der Waals surface area contributed by atoms with Gasteiger partial charge in [0.15, 0.2) is 5.66 Å². The molecule has 2 nitrogen and oxygen atoms in total. The van der Waals surface area contributed by atoms with E-state index in [1.807, 2.05) is 0 Å². The lowest BCUT2D eigenvalue weighted by atomic mass is 10.1. The van der Waals surface area contributed by atoms with Gasteiger partial charge >= 0.3 is 8.03 Å². The zero-order valence-corrected chi connectivity index (χ0v) is 9.72. The normalized spacial score (nSPS) is 14.2. The second kappa shape index (κ2) is 8.65. The van der Waals surface area contributed by atoms with Gasteiger partial charge in [0.1, 0.15) is 0 Å². The van der Waals surface area contributed by atoms with Crippen molar-refractivity contribution in [3.8, 4) is 0 Å². The highest BCUT2D eigenvalue weighted by molar-refractivity contribution is 7.38. The summed E-state index contributed by atoms with van der Waals surface area (Å²) < 4.78 is 10.9. The van der Waals surface area contributed by atoms with Crippen LogP contribution in [0.15, 0.2) is 0 Å². The molecule has 0 aliphatic carbocycles. The van der Waals surface area contributed by atoms with Crippen LogP contribution < -0.4 is 0 Å². The van der Waals surface area contributed by atoms with E-state index >= 15 is 0 Å². The molecule has 78 valence electrons. The molecule has 0 bridgehead atoms. The Kier molecular flexibility index (Phi) is 8.69. The molecule has 0 saturated carbocycles. The predicted octanol–water partition coefficient (Wildman–Crippen LogP) is 3.86. The highest BCUT2D eigenvalue weighted by atomic mass is 31.1. The van der Waals surface area contributed by atoms with E-state index in [1.54, 1.807) is 0 Å². The fraction of sp³-hybridized carbons (Fsp3) is 1.00. The second-order valence-corrected chi connectivity index (χ2v) is 4.93. The van der Waals surface area contributed by atoms with Crippen LogP contribution in [0.5, 0.6) is 0 Å². The Hall–Kier alpha value is 0.0600. The third-order valence-corrected chi connectivity index (χ3v) is 3.49. The van der Waals surface area contributed by atoms with Gasteiger partial charge in [-0.15, -0.1) is 0 Å². The highest BCUT2D eigenvalue weighted by Crippen LogP contribution is 2.31. The molecule has 2 atom stereocenters. The van der Waals surface area contributed by atoms with E-state index in [1.165, 1.54) is 12.8 Å². The topological polar surface area (TPSA) is 37.3 Å². The third-order valence-electron chi connectivity index (χ3n) is 2.34. The molecule has 3 heteroatoms. The van der Waals surface area contributed by atoms with Gasteiger partial charge in [0, 0.05) is 0 Å². The number of rotatable bonds is 8. The molecule has 0 rings (SSSR count). The summed E-state index contributed by atoms with van der Waals surface area (Å²) >= 11 is 0. The summed E-state index contributed by atoms with van der Waals surface area (Å²) in [4.78, 5) is 9.05.